The summed E-state index contributed by atoms with van der Waals surface area (Å²) in [5.41, 5.74) is 7.41. The maximum atomic E-state index is 13.3. The van der Waals surface area contributed by atoms with Crippen molar-refractivity contribution >= 4 is 16.8 Å². The molecule has 0 aliphatic heterocycles. The van der Waals surface area contributed by atoms with Crippen LogP contribution in [0.15, 0.2) is 48.8 Å². The van der Waals surface area contributed by atoms with E-state index in [1.54, 1.807) is 41.2 Å². The molecule has 0 atom stereocenters. The first-order chi connectivity index (χ1) is 9.65. The number of hydrogen-bond acceptors (Lipinski definition) is 2. The maximum Gasteiger partial charge on any atom is 0.265 e. The van der Waals surface area contributed by atoms with Crippen molar-refractivity contribution in [1.29, 1.82) is 0 Å². The average Bonchev–Trinajstić information content (AvgIpc) is 2.78. The Morgan fingerprint density at radius 2 is 2.15 bits per heavy atom. The molecule has 0 saturated carbocycles. The van der Waals surface area contributed by atoms with E-state index in [0.717, 1.165) is 16.5 Å². The number of carbonyl (C=O) groups excluding carboxylic acids is 1. The molecule has 0 unspecified atom stereocenters. The van der Waals surface area contributed by atoms with Crippen molar-refractivity contribution < 1.29 is 9.18 Å². The molecule has 2 N–H and O–H groups in total. The Bertz CT molecular complexity index is 795. The normalized spacial score (nSPS) is 10.8. The SMILES string of the molecule is NC(=O)c1cc2cnccc2n1Cc1cccc(F)c1. The molecule has 100 valence electrons. The van der Waals surface area contributed by atoms with Gasteiger partial charge < -0.3 is 10.3 Å². The molecule has 2 heterocycles. The van der Waals surface area contributed by atoms with Crippen molar-refractivity contribution in [2.75, 3.05) is 0 Å². The third-order valence-corrected chi connectivity index (χ3v) is 3.18. The molecule has 0 fully saturated rings. The quantitative estimate of drug-likeness (QED) is 0.793. The van der Waals surface area contributed by atoms with Crippen LogP contribution < -0.4 is 5.73 Å². The van der Waals surface area contributed by atoms with E-state index in [1.165, 1.54) is 12.1 Å². The zero-order valence-electron chi connectivity index (χ0n) is 10.6. The molecule has 0 radical (unpaired) electrons. The molecule has 0 aliphatic carbocycles. The fraction of sp³-hybridized carbons (Fsp3) is 0.0667. The van der Waals surface area contributed by atoms with Gasteiger partial charge in [-0.3, -0.25) is 9.78 Å². The fourth-order valence-electron chi connectivity index (χ4n) is 2.30. The number of halogens is 1. The van der Waals surface area contributed by atoms with Crippen LogP contribution >= 0.6 is 0 Å². The number of benzene rings is 1. The predicted octanol–water partition coefficient (Wildman–Crippen LogP) is 2.32. The highest BCUT2D eigenvalue weighted by Crippen LogP contribution is 2.20. The Hall–Kier alpha value is -2.69. The number of amides is 1. The third kappa shape index (κ3) is 2.14. The predicted molar refractivity (Wildman–Crippen MR) is 73.8 cm³/mol. The van der Waals surface area contributed by atoms with Crippen LogP contribution in [0.2, 0.25) is 0 Å². The van der Waals surface area contributed by atoms with Gasteiger partial charge in [0.2, 0.25) is 0 Å². The number of carbonyl (C=O) groups is 1. The van der Waals surface area contributed by atoms with E-state index in [4.69, 9.17) is 5.73 Å². The summed E-state index contributed by atoms with van der Waals surface area (Å²) in [6.07, 6.45) is 3.32. The topological polar surface area (TPSA) is 60.9 Å². The fourth-order valence-corrected chi connectivity index (χ4v) is 2.30. The molecule has 1 aromatic carbocycles. The van der Waals surface area contributed by atoms with Gasteiger partial charge in [0, 0.05) is 24.3 Å². The number of nitrogens with zero attached hydrogens (tertiary/aromatic N) is 2. The van der Waals surface area contributed by atoms with Crippen molar-refractivity contribution in [2.45, 2.75) is 6.54 Å². The largest absolute Gasteiger partial charge is 0.364 e. The van der Waals surface area contributed by atoms with Crippen LogP contribution in [0.25, 0.3) is 10.9 Å². The van der Waals surface area contributed by atoms with Crippen molar-refractivity contribution in [3.05, 3.63) is 65.9 Å². The highest BCUT2D eigenvalue weighted by atomic mass is 19.1. The van der Waals surface area contributed by atoms with Gasteiger partial charge in [-0.15, -0.1) is 0 Å². The van der Waals surface area contributed by atoms with Gasteiger partial charge in [0.15, 0.2) is 0 Å². The monoisotopic (exact) mass is 269 g/mol. The lowest BCUT2D eigenvalue weighted by Gasteiger charge is -2.09. The molecule has 0 spiro atoms. The number of rotatable bonds is 3. The summed E-state index contributed by atoms with van der Waals surface area (Å²) in [7, 11) is 0. The van der Waals surface area contributed by atoms with Crippen molar-refractivity contribution in [2.24, 2.45) is 5.73 Å². The van der Waals surface area contributed by atoms with E-state index >= 15 is 0 Å². The second-order valence-corrected chi connectivity index (χ2v) is 4.54. The lowest BCUT2D eigenvalue weighted by molar-refractivity contribution is 0.0992. The van der Waals surface area contributed by atoms with E-state index in [9.17, 15) is 9.18 Å². The lowest BCUT2D eigenvalue weighted by Crippen LogP contribution is -2.17. The summed E-state index contributed by atoms with van der Waals surface area (Å²) in [6.45, 7) is 0.379. The molecular weight excluding hydrogens is 257 g/mol. The molecule has 5 heteroatoms. The van der Waals surface area contributed by atoms with Gasteiger partial charge in [-0.25, -0.2) is 4.39 Å². The third-order valence-electron chi connectivity index (χ3n) is 3.18. The second kappa shape index (κ2) is 4.77. The first-order valence-corrected chi connectivity index (χ1v) is 6.12. The lowest BCUT2D eigenvalue weighted by atomic mass is 10.2. The molecule has 4 nitrogen and oxygen atoms in total. The number of hydrogen-bond donors (Lipinski definition) is 1. The zero-order valence-corrected chi connectivity index (χ0v) is 10.6. The highest BCUT2D eigenvalue weighted by Gasteiger charge is 2.13. The van der Waals surface area contributed by atoms with E-state index in [1.807, 2.05) is 0 Å². The Balaban J connectivity index is 2.14. The Morgan fingerprint density at radius 3 is 2.90 bits per heavy atom. The van der Waals surface area contributed by atoms with Gasteiger partial charge in [-0.05, 0) is 29.8 Å². The minimum atomic E-state index is -0.516. The molecule has 3 aromatic rings. The van der Waals surface area contributed by atoms with Gasteiger partial charge in [-0.1, -0.05) is 12.1 Å². The number of primary amides is 1. The minimum Gasteiger partial charge on any atom is -0.364 e. The first kappa shape index (κ1) is 12.3. The Morgan fingerprint density at radius 1 is 1.30 bits per heavy atom. The molecule has 2 aromatic heterocycles. The van der Waals surface area contributed by atoms with Gasteiger partial charge in [0.05, 0.1) is 5.52 Å². The van der Waals surface area contributed by atoms with Crippen LogP contribution in [0, 0.1) is 5.82 Å². The summed E-state index contributed by atoms with van der Waals surface area (Å²) in [4.78, 5) is 15.6. The Kier molecular flexibility index (Phi) is 2.95. The number of fused-ring (bicyclic) bond motifs is 1. The van der Waals surface area contributed by atoms with Gasteiger partial charge in [-0.2, -0.15) is 0 Å². The summed E-state index contributed by atoms with van der Waals surface area (Å²) >= 11 is 0. The van der Waals surface area contributed by atoms with E-state index < -0.39 is 5.91 Å². The summed E-state index contributed by atoms with van der Waals surface area (Å²) in [5, 5.41) is 0.831. The minimum absolute atomic E-state index is 0.304. The number of pyridine rings is 1. The molecule has 0 saturated heterocycles. The van der Waals surface area contributed by atoms with Crippen LogP contribution in [0.5, 0.6) is 0 Å². The molecule has 20 heavy (non-hydrogen) atoms. The second-order valence-electron chi connectivity index (χ2n) is 4.54. The van der Waals surface area contributed by atoms with E-state index in [0.29, 0.717) is 12.2 Å². The van der Waals surface area contributed by atoms with Crippen LogP contribution in [0.1, 0.15) is 16.1 Å². The van der Waals surface area contributed by atoms with Gasteiger partial charge >= 0.3 is 0 Å². The van der Waals surface area contributed by atoms with Crippen LogP contribution in [-0.2, 0) is 6.54 Å². The maximum absolute atomic E-state index is 13.3. The standard InChI is InChI=1S/C15H12FN3O/c16-12-3-1-2-10(6-12)9-19-13-4-5-18-8-11(13)7-14(19)15(17)20/h1-8H,9H2,(H2,17,20). The van der Waals surface area contributed by atoms with Crippen molar-refractivity contribution in [1.82, 2.24) is 9.55 Å². The summed E-state index contributed by atoms with van der Waals surface area (Å²) < 4.78 is 15.0. The summed E-state index contributed by atoms with van der Waals surface area (Å²) in [5.74, 6) is -0.821. The van der Waals surface area contributed by atoms with Crippen LogP contribution in [-0.4, -0.2) is 15.5 Å². The van der Waals surface area contributed by atoms with Crippen molar-refractivity contribution in [3.8, 4) is 0 Å². The van der Waals surface area contributed by atoms with Gasteiger partial charge in [0.25, 0.3) is 5.91 Å². The smallest absolute Gasteiger partial charge is 0.265 e. The first-order valence-electron chi connectivity index (χ1n) is 6.12. The highest BCUT2D eigenvalue weighted by molar-refractivity contribution is 5.97. The number of aromatic nitrogens is 2. The molecule has 1 amide bonds. The zero-order chi connectivity index (χ0) is 14.1. The van der Waals surface area contributed by atoms with E-state index in [-0.39, 0.29) is 5.82 Å². The molecular formula is C15H12FN3O. The van der Waals surface area contributed by atoms with Crippen LogP contribution in [0.4, 0.5) is 4.39 Å². The summed E-state index contributed by atoms with van der Waals surface area (Å²) in [6, 6.07) is 9.78. The Labute approximate surface area is 114 Å². The molecule has 3 rings (SSSR count). The van der Waals surface area contributed by atoms with Crippen molar-refractivity contribution in [3.63, 3.8) is 0 Å². The van der Waals surface area contributed by atoms with E-state index in [2.05, 4.69) is 4.98 Å². The average molecular weight is 269 g/mol. The number of nitrogens with two attached hydrogens (primary N) is 1. The molecule has 0 bridgehead atoms. The molecule has 0 aliphatic rings. The van der Waals surface area contributed by atoms with Gasteiger partial charge in [0.1, 0.15) is 11.5 Å². The van der Waals surface area contributed by atoms with Crippen LogP contribution in [0.3, 0.4) is 0 Å².